The molecule has 0 atom stereocenters. The summed E-state index contributed by atoms with van der Waals surface area (Å²) in [5.41, 5.74) is -0.449. The number of ether oxygens (including phenoxy) is 1. The highest BCUT2D eigenvalue weighted by Crippen LogP contribution is 2.33. The van der Waals surface area contributed by atoms with Crippen LogP contribution in [0.4, 0.5) is 32.2 Å². The molecule has 9 heteroatoms. The second kappa shape index (κ2) is 6.35. The van der Waals surface area contributed by atoms with Crippen LogP contribution in [0.2, 0.25) is 0 Å². The molecule has 1 aromatic carbocycles. The van der Waals surface area contributed by atoms with Crippen LogP contribution in [0.25, 0.3) is 0 Å². The Morgan fingerprint density at radius 2 is 1.61 bits per heavy atom. The Kier molecular flexibility index (Phi) is 4.67. The predicted molar refractivity (Wildman–Crippen MR) is 69.7 cm³/mol. The fourth-order valence-electron chi connectivity index (χ4n) is 1.77. The Morgan fingerprint density at radius 3 is 2.17 bits per heavy atom. The van der Waals surface area contributed by atoms with Crippen molar-refractivity contribution in [3.8, 4) is 5.75 Å². The van der Waals surface area contributed by atoms with E-state index in [-0.39, 0.29) is 12.4 Å². The van der Waals surface area contributed by atoms with E-state index in [1.807, 2.05) is 0 Å². The van der Waals surface area contributed by atoms with E-state index in [4.69, 9.17) is 0 Å². The third kappa shape index (κ3) is 5.04. The molecule has 3 nitrogen and oxygen atoms in total. The first-order chi connectivity index (χ1) is 10.6. The molecular formula is C14H10F6N2O. The van der Waals surface area contributed by atoms with E-state index in [1.165, 1.54) is 18.3 Å². The van der Waals surface area contributed by atoms with Gasteiger partial charge in [-0.3, -0.25) is 0 Å². The smallest absolute Gasteiger partial charge is 0.406 e. The molecule has 0 spiro atoms. The molecule has 2 rings (SSSR count). The van der Waals surface area contributed by atoms with Gasteiger partial charge in [0.15, 0.2) is 0 Å². The molecule has 1 heterocycles. The van der Waals surface area contributed by atoms with Gasteiger partial charge in [-0.1, -0.05) is 12.1 Å². The molecule has 0 bridgehead atoms. The summed E-state index contributed by atoms with van der Waals surface area (Å²) >= 11 is 0. The summed E-state index contributed by atoms with van der Waals surface area (Å²) in [6.45, 7) is -0.0353. The van der Waals surface area contributed by atoms with Gasteiger partial charge in [-0.2, -0.15) is 13.2 Å². The third-order valence-electron chi connectivity index (χ3n) is 2.73. The lowest BCUT2D eigenvalue weighted by atomic mass is 10.2. The molecule has 0 radical (unpaired) electrons. The number of rotatable bonds is 4. The minimum absolute atomic E-state index is 0.0353. The van der Waals surface area contributed by atoms with Gasteiger partial charge in [-0.05, 0) is 29.8 Å². The van der Waals surface area contributed by atoms with Crippen LogP contribution < -0.4 is 10.1 Å². The SMILES string of the molecule is FC(F)(F)Oc1ccc(CNc2ncccc2C(F)(F)F)cc1. The minimum Gasteiger partial charge on any atom is -0.406 e. The molecule has 0 saturated carbocycles. The van der Waals surface area contributed by atoms with Crippen molar-refractivity contribution in [2.75, 3.05) is 5.32 Å². The lowest BCUT2D eigenvalue weighted by molar-refractivity contribution is -0.274. The van der Waals surface area contributed by atoms with Crippen LogP contribution >= 0.6 is 0 Å². The van der Waals surface area contributed by atoms with Gasteiger partial charge in [-0.25, -0.2) is 4.98 Å². The van der Waals surface area contributed by atoms with Crippen molar-refractivity contribution in [2.24, 2.45) is 0 Å². The molecule has 1 N–H and O–H groups in total. The van der Waals surface area contributed by atoms with Crippen LogP contribution in [0.3, 0.4) is 0 Å². The number of nitrogens with zero attached hydrogens (tertiary/aromatic N) is 1. The average Bonchev–Trinajstić information content (AvgIpc) is 2.44. The number of anilines is 1. The summed E-state index contributed by atoms with van der Waals surface area (Å²) in [5.74, 6) is -0.759. The summed E-state index contributed by atoms with van der Waals surface area (Å²) in [7, 11) is 0. The molecule has 0 amide bonds. The van der Waals surface area contributed by atoms with Gasteiger partial charge in [0, 0.05) is 12.7 Å². The first kappa shape index (κ1) is 16.9. The summed E-state index contributed by atoms with van der Waals surface area (Å²) in [4.78, 5) is 3.62. The lowest BCUT2D eigenvalue weighted by Gasteiger charge is -2.13. The Labute approximate surface area is 126 Å². The van der Waals surface area contributed by atoms with Crippen LogP contribution in [0, 0.1) is 0 Å². The van der Waals surface area contributed by atoms with Gasteiger partial charge in [0.1, 0.15) is 11.6 Å². The summed E-state index contributed by atoms with van der Waals surface area (Å²) in [6, 6.07) is 6.82. The highest BCUT2D eigenvalue weighted by Gasteiger charge is 2.34. The van der Waals surface area contributed by atoms with E-state index in [2.05, 4.69) is 15.0 Å². The van der Waals surface area contributed by atoms with Crippen LogP contribution in [0.15, 0.2) is 42.6 Å². The molecule has 124 valence electrons. The van der Waals surface area contributed by atoms with Gasteiger partial charge in [0.2, 0.25) is 0 Å². The highest BCUT2D eigenvalue weighted by molar-refractivity contribution is 5.46. The molecular weight excluding hydrogens is 326 g/mol. The number of nitrogens with one attached hydrogen (secondary N) is 1. The number of pyridine rings is 1. The Morgan fingerprint density at radius 1 is 0.957 bits per heavy atom. The van der Waals surface area contributed by atoms with Crippen LogP contribution in [-0.4, -0.2) is 11.3 Å². The first-order valence-corrected chi connectivity index (χ1v) is 6.26. The quantitative estimate of drug-likeness (QED) is 0.828. The maximum atomic E-state index is 12.8. The maximum Gasteiger partial charge on any atom is 0.573 e. The monoisotopic (exact) mass is 336 g/mol. The Bertz CT molecular complexity index is 652. The van der Waals surface area contributed by atoms with Gasteiger partial charge in [-0.15, -0.1) is 13.2 Å². The topological polar surface area (TPSA) is 34.1 Å². The number of aromatic nitrogens is 1. The molecule has 0 aliphatic carbocycles. The molecule has 0 fully saturated rings. The van der Waals surface area contributed by atoms with Crippen molar-refractivity contribution in [1.82, 2.24) is 4.98 Å². The largest absolute Gasteiger partial charge is 0.573 e. The van der Waals surface area contributed by atoms with Crippen LogP contribution in [-0.2, 0) is 12.7 Å². The normalized spacial score (nSPS) is 12.1. The second-order valence-electron chi connectivity index (χ2n) is 4.44. The van der Waals surface area contributed by atoms with E-state index >= 15 is 0 Å². The molecule has 0 unspecified atom stereocenters. The lowest BCUT2D eigenvalue weighted by Crippen LogP contribution is -2.17. The van der Waals surface area contributed by atoms with Crippen molar-refractivity contribution in [2.45, 2.75) is 19.1 Å². The van der Waals surface area contributed by atoms with E-state index in [1.54, 1.807) is 0 Å². The number of alkyl halides is 6. The average molecular weight is 336 g/mol. The van der Waals surface area contributed by atoms with Gasteiger partial charge >= 0.3 is 12.5 Å². The molecule has 0 aliphatic heterocycles. The zero-order valence-electron chi connectivity index (χ0n) is 11.4. The Hall–Kier alpha value is -2.45. The van der Waals surface area contributed by atoms with Crippen molar-refractivity contribution < 1.29 is 31.1 Å². The van der Waals surface area contributed by atoms with E-state index in [0.29, 0.717) is 5.56 Å². The summed E-state index contributed by atoms with van der Waals surface area (Å²) in [6.07, 6.45) is -8.14. The number of hydrogen-bond donors (Lipinski definition) is 1. The third-order valence-corrected chi connectivity index (χ3v) is 2.73. The van der Waals surface area contributed by atoms with E-state index in [9.17, 15) is 26.3 Å². The van der Waals surface area contributed by atoms with E-state index < -0.39 is 23.9 Å². The number of halogens is 6. The molecule has 2 aromatic rings. The van der Waals surface area contributed by atoms with Crippen molar-refractivity contribution >= 4 is 5.82 Å². The number of benzene rings is 1. The van der Waals surface area contributed by atoms with Crippen molar-refractivity contribution in [1.29, 1.82) is 0 Å². The van der Waals surface area contributed by atoms with Crippen molar-refractivity contribution in [3.63, 3.8) is 0 Å². The van der Waals surface area contributed by atoms with Gasteiger partial charge in [0.25, 0.3) is 0 Å². The molecule has 1 aromatic heterocycles. The minimum atomic E-state index is -4.80. The maximum absolute atomic E-state index is 12.8. The van der Waals surface area contributed by atoms with E-state index in [0.717, 1.165) is 24.3 Å². The number of hydrogen-bond acceptors (Lipinski definition) is 3. The Balaban J connectivity index is 2.05. The van der Waals surface area contributed by atoms with Gasteiger partial charge in [0.05, 0.1) is 5.56 Å². The van der Waals surface area contributed by atoms with Crippen LogP contribution in [0.5, 0.6) is 5.75 Å². The highest BCUT2D eigenvalue weighted by atomic mass is 19.4. The molecule has 0 aliphatic rings. The summed E-state index contributed by atoms with van der Waals surface area (Å²) < 4.78 is 78.1. The standard InChI is InChI=1S/C14H10F6N2O/c15-13(16,17)11-2-1-7-21-12(11)22-8-9-3-5-10(6-4-9)23-14(18,19)20/h1-7H,8H2,(H,21,22). The second-order valence-corrected chi connectivity index (χ2v) is 4.44. The van der Waals surface area contributed by atoms with Gasteiger partial charge < -0.3 is 10.1 Å². The summed E-state index contributed by atoms with van der Waals surface area (Å²) in [5, 5.41) is 2.51. The fraction of sp³-hybridized carbons (Fsp3) is 0.214. The van der Waals surface area contributed by atoms with Crippen LogP contribution in [0.1, 0.15) is 11.1 Å². The fourth-order valence-corrected chi connectivity index (χ4v) is 1.77. The molecule has 23 heavy (non-hydrogen) atoms. The van der Waals surface area contributed by atoms with Crippen molar-refractivity contribution in [3.05, 3.63) is 53.7 Å². The first-order valence-electron chi connectivity index (χ1n) is 6.26. The zero-order valence-corrected chi connectivity index (χ0v) is 11.4. The zero-order chi connectivity index (χ0) is 17.1. The predicted octanol–water partition coefficient (Wildman–Crippen LogP) is 4.61. The molecule has 0 saturated heterocycles.